The van der Waals surface area contributed by atoms with Gasteiger partial charge in [-0.3, -0.25) is 0 Å². The highest BCUT2D eigenvalue weighted by molar-refractivity contribution is 5.92. The first-order chi connectivity index (χ1) is 7.77. The molecular formula is C12H17N3O. The van der Waals surface area contributed by atoms with Gasteiger partial charge in [0.25, 0.3) is 0 Å². The van der Waals surface area contributed by atoms with Crippen molar-refractivity contribution in [2.24, 2.45) is 0 Å². The maximum Gasteiger partial charge on any atom is 0.321 e. The van der Waals surface area contributed by atoms with Crippen LogP contribution in [0.5, 0.6) is 0 Å². The average Bonchev–Trinajstić information content (AvgIpc) is 2.33. The number of urea groups is 1. The summed E-state index contributed by atoms with van der Waals surface area (Å²) in [6, 6.07) is 7.27. The van der Waals surface area contributed by atoms with Crippen molar-refractivity contribution < 1.29 is 4.79 Å². The molecule has 0 bridgehead atoms. The van der Waals surface area contributed by atoms with Crippen molar-refractivity contribution in [3.05, 3.63) is 24.3 Å². The number of nitrogens with zero attached hydrogens (tertiary/aromatic N) is 1. The van der Waals surface area contributed by atoms with E-state index in [0.717, 1.165) is 25.9 Å². The molecule has 1 fully saturated rings. The van der Waals surface area contributed by atoms with Crippen molar-refractivity contribution in [2.75, 3.05) is 24.1 Å². The van der Waals surface area contributed by atoms with Gasteiger partial charge in [0, 0.05) is 13.1 Å². The zero-order valence-electron chi connectivity index (χ0n) is 9.28. The zero-order valence-corrected chi connectivity index (χ0v) is 9.28. The number of nitrogen functional groups attached to an aromatic ring is 1. The van der Waals surface area contributed by atoms with Gasteiger partial charge >= 0.3 is 6.03 Å². The first-order valence-corrected chi connectivity index (χ1v) is 5.68. The molecule has 0 aliphatic carbocycles. The smallest absolute Gasteiger partial charge is 0.321 e. The van der Waals surface area contributed by atoms with Crippen LogP contribution in [-0.2, 0) is 0 Å². The molecule has 1 aromatic carbocycles. The first kappa shape index (κ1) is 10.8. The molecule has 4 heteroatoms. The lowest BCUT2D eigenvalue weighted by atomic mass is 10.1. The van der Waals surface area contributed by atoms with Crippen LogP contribution in [0.3, 0.4) is 0 Å². The average molecular weight is 219 g/mol. The van der Waals surface area contributed by atoms with E-state index in [0.29, 0.717) is 11.4 Å². The Kier molecular flexibility index (Phi) is 3.29. The van der Waals surface area contributed by atoms with Crippen LogP contribution < -0.4 is 11.1 Å². The van der Waals surface area contributed by atoms with E-state index in [2.05, 4.69) is 5.32 Å². The van der Waals surface area contributed by atoms with Crippen LogP contribution in [0.15, 0.2) is 24.3 Å². The Balaban J connectivity index is 1.99. The third-order valence-corrected chi connectivity index (χ3v) is 2.85. The summed E-state index contributed by atoms with van der Waals surface area (Å²) in [6.07, 6.45) is 3.41. The number of para-hydroxylation sites is 2. The summed E-state index contributed by atoms with van der Waals surface area (Å²) in [5.74, 6) is 0. The van der Waals surface area contributed by atoms with Crippen molar-refractivity contribution in [3.8, 4) is 0 Å². The highest BCUT2D eigenvalue weighted by atomic mass is 16.2. The molecule has 2 rings (SSSR count). The third kappa shape index (κ3) is 2.45. The molecule has 3 N–H and O–H groups in total. The molecule has 0 unspecified atom stereocenters. The van der Waals surface area contributed by atoms with E-state index >= 15 is 0 Å². The Labute approximate surface area is 95.4 Å². The molecule has 1 heterocycles. The van der Waals surface area contributed by atoms with Gasteiger partial charge in [0.1, 0.15) is 0 Å². The summed E-state index contributed by atoms with van der Waals surface area (Å²) < 4.78 is 0. The molecule has 0 spiro atoms. The van der Waals surface area contributed by atoms with E-state index in [1.165, 1.54) is 6.42 Å². The molecule has 1 aliphatic heterocycles. The number of hydrogen-bond acceptors (Lipinski definition) is 2. The highest BCUT2D eigenvalue weighted by Gasteiger charge is 2.16. The molecule has 86 valence electrons. The van der Waals surface area contributed by atoms with E-state index in [1.807, 2.05) is 23.1 Å². The fourth-order valence-corrected chi connectivity index (χ4v) is 1.90. The molecule has 16 heavy (non-hydrogen) atoms. The number of piperidine rings is 1. The maximum absolute atomic E-state index is 11.9. The molecule has 1 aliphatic rings. The van der Waals surface area contributed by atoms with Crippen LogP contribution in [-0.4, -0.2) is 24.0 Å². The van der Waals surface area contributed by atoms with Gasteiger partial charge in [-0.05, 0) is 31.4 Å². The van der Waals surface area contributed by atoms with Crippen LogP contribution in [0.4, 0.5) is 16.2 Å². The van der Waals surface area contributed by atoms with Gasteiger partial charge < -0.3 is 16.0 Å². The van der Waals surface area contributed by atoms with Crippen LogP contribution in [0.25, 0.3) is 0 Å². The predicted molar refractivity (Wildman–Crippen MR) is 65.3 cm³/mol. The minimum absolute atomic E-state index is 0.0439. The van der Waals surface area contributed by atoms with Crippen molar-refractivity contribution in [1.82, 2.24) is 4.90 Å². The number of nitrogens with one attached hydrogen (secondary N) is 1. The summed E-state index contributed by atoms with van der Waals surface area (Å²) in [5, 5.41) is 2.84. The van der Waals surface area contributed by atoms with Gasteiger partial charge in [-0.2, -0.15) is 0 Å². The predicted octanol–water partition coefficient (Wildman–Crippen LogP) is 2.29. The lowest BCUT2D eigenvalue weighted by Crippen LogP contribution is -2.38. The van der Waals surface area contributed by atoms with Gasteiger partial charge in [-0.1, -0.05) is 12.1 Å². The quantitative estimate of drug-likeness (QED) is 0.712. The number of nitrogens with two attached hydrogens (primary N) is 1. The Bertz CT molecular complexity index is 372. The first-order valence-electron chi connectivity index (χ1n) is 5.68. The van der Waals surface area contributed by atoms with Crippen LogP contribution in [0.1, 0.15) is 19.3 Å². The SMILES string of the molecule is Nc1ccccc1NC(=O)N1CCCCC1. The molecule has 2 amide bonds. The standard InChI is InChI=1S/C12H17N3O/c13-10-6-2-3-7-11(10)14-12(16)15-8-4-1-5-9-15/h2-3,6-7H,1,4-5,8-9,13H2,(H,14,16). The number of anilines is 2. The normalized spacial score (nSPS) is 15.9. The van der Waals surface area contributed by atoms with Gasteiger partial charge in [0.05, 0.1) is 11.4 Å². The monoisotopic (exact) mass is 219 g/mol. The highest BCUT2D eigenvalue weighted by Crippen LogP contribution is 2.18. The summed E-state index contributed by atoms with van der Waals surface area (Å²) in [5.41, 5.74) is 7.06. The summed E-state index contributed by atoms with van der Waals surface area (Å²) in [4.78, 5) is 13.7. The maximum atomic E-state index is 11.9. The Morgan fingerprint density at radius 2 is 1.88 bits per heavy atom. The molecule has 0 saturated carbocycles. The second-order valence-electron chi connectivity index (χ2n) is 4.07. The van der Waals surface area contributed by atoms with E-state index < -0.39 is 0 Å². The van der Waals surface area contributed by atoms with Crippen LogP contribution in [0.2, 0.25) is 0 Å². The van der Waals surface area contributed by atoms with Crippen molar-refractivity contribution in [3.63, 3.8) is 0 Å². The van der Waals surface area contributed by atoms with Crippen molar-refractivity contribution in [1.29, 1.82) is 0 Å². The van der Waals surface area contributed by atoms with Gasteiger partial charge in [-0.15, -0.1) is 0 Å². The number of carbonyl (C=O) groups excluding carboxylic acids is 1. The Morgan fingerprint density at radius 3 is 2.56 bits per heavy atom. The largest absolute Gasteiger partial charge is 0.397 e. The van der Waals surface area contributed by atoms with E-state index in [-0.39, 0.29) is 6.03 Å². The van der Waals surface area contributed by atoms with Crippen LogP contribution in [0, 0.1) is 0 Å². The van der Waals surface area contributed by atoms with Crippen LogP contribution >= 0.6 is 0 Å². The molecule has 0 atom stereocenters. The molecule has 1 saturated heterocycles. The van der Waals surface area contributed by atoms with E-state index in [9.17, 15) is 4.79 Å². The Morgan fingerprint density at radius 1 is 1.19 bits per heavy atom. The molecule has 4 nitrogen and oxygen atoms in total. The summed E-state index contributed by atoms with van der Waals surface area (Å²) >= 11 is 0. The summed E-state index contributed by atoms with van der Waals surface area (Å²) in [7, 11) is 0. The summed E-state index contributed by atoms with van der Waals surface area (Å²) in [6.45, 7) is 1.69. The second kappa shape index (κ2) is 4.88. The van der Waals surface area contributed by atoms with Gasteiger partial charge in [-0.25, -0.2) is 4.79 Å². The van der Waals surface area contributed by atoms with Crippen molar-refractivity contribution in [2.45, 2.75) is 19.3 Å². The number of benzene rings is 1. The second-order valence-corrected chi connectivity index (χ2v) is 4.07. The van der Waals surface area contributed by atoms with E-state index in [1.54, 1.807) is 6.07 Å². The van der Waals surface area contributed by atoms with Gasteiger partial charge in [0.2, 0.25) is 0 Å². The lowest BCUT2D eigenvalue weighted by molar-refractivity contribution is 0.200. The topological polar surface area (TPSA) is 58.4 Å². The fraction of sp³-hybridized carbons (Fsp3) is 0.417. The zero-order chi connectivity index (χ0) is 11.4. The Hall–Kier alpha value is -1.71. The minimum atomic E-state index is -0.0439. The molecule has 0 aromatic heterocycles. The van der Waals surface area contributed by atoms with Gasteiger partial charge in [0.15, 0.2) is 0 Å². The fourth-order valence-electron chi connectivity index (χ4n) is 1.90. The number of amides is 2. The van der Waals surface area contributed by atoms with E-state index in [4.69, 9.17) is 5.73 Å². The molecule has 0 radical (unpaired) electrons. The number of carbonyl (C=O) groups is 1. The van der Waals surface area contributed by atoms with Crippen molar-refractivity contribution >= 4 is 17.4 Å². The minimum Gasteiger partial charge on any atom is -0.397 e. The lowest BCUT2D eigenvalue weighted by Gasteiger charge is -2.27. The third-order valence-electron chi connectivity index (χ3n) is 2.85. The number of rotatable bonds is 1. The number of likely N-dealkylation sites (tertiary alicyclic amines) is 1. The molecule has 1 aromatic rings. The molecular weight excluding hydrogens is 202 g/mol. The number of hydrogen-bond donors (Lipinski definition) is 2.